The zero-order chi connectivity index (χ0) is 10.0. The maximum atomic E-state index is 12.6. The SMILES string of the molecule is CC(Cl)Oc1cc(F)c(F)c(F)c1. The van der Waals surface area contributed by atoms with Crippen molar-refractivity contribution in [1.82, 2.24) is 0 Å². The normalized spacial score (nSPS) is 12.7. The van der Waals surface area contributed by atoms with E-state index in [-0.39, 0.29) is 5.75 Å². The summed E-state index contributed by atoms with van der Waals surface area (Å²) in [7, 11) is 0. The highest BCUT2D eigenvalue weighted by atomic mass is 35.5. The first-order chi connectivity index (χ1) is 6.00. The second-order valence-electron chi connectivity index (χ2n) is 2.36. The molecule has 0 saturated carbocycles. The van der Waals surface area contributed by atoms with Crippen LogP contribution in [-0.2, 0) is 0 Å². The van der Waals surface area contributed by atoms with E-state index in [9.17, 15) is 13.2 Å². The van der Waals surface area contributed by atoms with E-state index in [4.69, 9.17) is 16.3 Å². The Morgan fingerprint density at radius 1 is 1.23 bits per heavy atom. The van der Waals surface area contributed by atoms with Gasteiger partial charge in [0.1, 0.15) is 5.75 Å². The molecule has 5 heteroatoms. The maximum absolute atomic E-state index is 12.6. The Bertz CT molecular complexity index is 291. The molecule has 0 aliphatic rings. The third-order valence-electron chi connectivity index (χ3n) is 1.26. The van der Waals surface area contributed by atoms with Gasteiger partial charge in [0, 0.05) is 12.1 Å². The molecule has 0 radical (unpaired) electrons. The van der Waals surface area contributed by atoms with Gasteiger partial charge in [0.2, 0.25) is 0 Å². The Kier molecular flexibility index (Phi) is 3.03. The lowest BCUT2D eigenvalue weighted by atomic mass is 10.3. The molecule has 1 aromatic rings. The highest BCUT2D eigenvalue weighted by molar-refractivity contribution is 6.19. The molecule has 1 aromatic carbocycles. The molecule has 0 heterocycles. The summed E-state index contributed by atoms with van der Waals surface area (Å²) in [4.78, 5) is 0. The van der Waals surface area contributed by atoms with Gasteiger partial charge in [-0.2, -0.15) is 0 Å². The Hall–Kier alpha value is -0.900. The molecular formula is C8H6ClF3O. The predicted octanol–water partition coefficient (Wildman–Crippen LogP) is 3.07. The van der Waals surface area contributed by atoms with Crippen LogP contribution in [0, 0.1) is 17.5 Å². The van der Waals surface area contributed by atoms with Crippen molar-refractivity contribution in [2.75, 3.05) is 0 Å². The van der Waals surface area contributed by atoms with E-state index in [2.05, 4.69) is 0 Å². The largest absolute Gasteiger partial charge is 0.475 e. The molecule has 0 aromatic heterocycles. The fourth-order valence-electron chi connectivity index (χ4n) is 0.788. The minimum Gasteiger partial charge on any atom is -0.475 e. The van der Waals surface area contributed by atoms with Crippen molar-refractivity contribution in [3.63, 3.8) is 0 Å². The monoisotopic (exact) mass is 210 g/mol. The fraction of sp³-hybridized carbons (Fsp3) is 0.250. The molecule has 72 valence electrons. The van der Waals surface area contributed by atoms with E-state index >= 15 is 0 Å². The van der Waals surface area contributed by atoms with Crippen LogP contribution in [0.2, 0.25) is 0 Å². The Labute approximate surface area is 78.1 Å². The predicted molar refractivity (Wildman–Crippen MR) is 42.3 cm³/mol. The van der Waals surface area contributed by atoms with Crippen LogP contribution in [0.4, 0.5) is 13.2 Å². The maximum Gasteiger partial charge on any atom is 0.194 e. The third-order valence-corrected chi connectivity index (χ3v) is 1.34. The molecule has 0 aliphatic carbocycles. The van der Waals surface area contributed by atoms with Crippen LogP contribution in [0.15, 0.2) is 12.1 Å². The van der Waals surface area contributed by atoms with Crippen LogP contribution in [0.1, 0.15) is 6.92 Å². The van der Waals surface area contributed by atoms with Crippen LogP contribution < -0.4 is 4.74 Å². The number of benzene rings is 1. The van der Waals surface area contributed by atoms with Crippen LogP contribution in [0.3, 0.4) is 0 Å². The molecule has 0 saturated heterocycles. The lowest BCUT2D eigenvalue weighted by Crippen LogP contribution is -2.03. The summed E-state index contributed by atoms with van der Waals surface area (Å²) < 4.78 is 42.3. The zero-order valence-electron chi connectivity index (χ0n) is 6.65. The van der Waals surface area contributed by atoms with Crippen molar-refractivity contribution in [3.05, 3.63) is 29.6 Å². The van der Waals surface area contributed by atoms with Crippen molar-refractivity contribution in [1.29, 1.82) is 0 Å². The zero-order valence-corrected chi connectivity index (χ0v) is 7.41. The van der Waals surface area contributed by atoms with Crippen LogP contribution >= 0.6 is 11.6 Å². The summed E-state index contributed by atoms with van der Waals surface area (Å²) in [6, 6.07) is 1.47. The summed E-state index contributed by atoms with van der Waals surface area (Å²) in [5.41, 5.74) is -0.732. The average molecular weight is 211 g/mol. The molecular weight excluding hydrogens is 205 g/mol. The molecule has 0 amide bonds. The number of rotatable bonds is 2. The van der Waals surface area contributed by atoms with Crippen molar-refractivity contribution >= 4 is 11.6 Å². The standard InChI is InChI=1S/C8H6ClF3O/c1-4(9)13-5-2-6(10)8(12)7(11)3-5/h2-4H,1H3. The van der Waals surface area contributed by atoms with E-state index in [0.717, 1.165) is 12.1 Å². The lowest BCUT2D eigenvalue weighted by molar-refractivity contribution is 0.295. The van der Waals surface area contributed by atoms with Crippen molar-refractivity contribution < 1.29 is 17.9 Å². The van der Waals surface area contributed by atoms with Crippen LogP contribution in [-0.4, -0.2) is 5.56 Å². The van der Waals surface area contributed by atoms with Gasteiger partial charge in [0.05, 0.1) is 0 Å². The first-order valence-corrected chi connectivity index (χ1v) is 3.89. The molecule has 0 bridgehead atoms. The quantitative estimate of drug-likeness (QED) is 0.539. The summed E-state index contributed by atoms with van der Waals surface area (Å²) in [6.07, 6.45) is 0. The molecule has 0 spiro atoms. The minimum atomic E-state index is -1.52. The summed E-state index contributed by atoms with van der Waals surface area (Å²) in [6.45, 7) is 1.47. The molecule has 0 N–H and O–H groups in total. The third kappa shape index (κ3) is 2.52. The second-order valence-corrected chi connectivity index (χ2v) is 2.98. The smallest absolute Gasteiger partial charge is 0.194 e. The van der Waals surface area contributed by atoms with Gasteiger partial charge >= 0.3 is 0 Å². The molecule has 13 heavy (non-hydrogen) atoms. The molecule has 1 rings (SSSR count). The molecule has 1 nitrogen and oxygen atoms in total. The van der Waals surface area contributed by atoms with Gasteiger partial charge < -0.3 is 4.74 Å². The van der Waals surface area contributed by atoms with Gasteiger partial charge in [-0.05, 0) is 6.92 Å². The van der Waals surface area contributed by atoms with Gasteiger partial charge in [0.25, 0.3) is 0 Å². The number of hydrogen-bond donors (Lipinski definition) is 0. The highest BCUT2D eigenvalue weighted by Crippen LogP contribution is 2.20. The van der Waals surface area contributed by atoms with Gasteiger partial charge in [-0.25, -0.2) is 13.2 Å². The minimum absolute atomic E-state index is 0.140. The van der Waals surface area contributed by atoms with E-state index < -0.39 is 23.0 Å². The molecule has 1 unspecified atom stereocenters. The van der Waals surface area contributed by atoms with E-state index in [0.29, 0.717) is 0 Å². The van der Waals surface area contributed by atoms with Gasteiger partial charge in [-0.15, -0.1) is 0 Å². The first kappa shape index (κ1) is 10.2. The van der Waals surface area contributed by atoms with Crippen molar-refractivity contribution in [2.45, 2.75) is 12.5 Å². The topological polar surface area (TPSA) is 9.23 Å². The number of alkyl halides is 1. The summed E-state index contributed by atoms with van der Waals surface area (Å²) in [5, 5.41) is 0. The fourth-order valence-corrected chi connectivity index (χ4v) is 0.891. The number of ether oxygens (including phenoxy) is 1. The Morgan fingerprint density at radius 3 is 2.08 bits per heavy atom. The van der Waals surface area contributed by atoms with Crippen molar-refractivity contribution in [3.8, 4) is 5.75 Å². The second kappa shape index (κ2) is 3.87. The number of halogens is 4. The van der Waals surface area contributed by atoms with Gasteiger partial charge in [0.15, 0.2) is 23.0 Å². The van der Waals surface area contributed by atoms with Crippen LogP contribution in [0.25, 0.3) is 0 Å². The summed E-state index contributed by atoms with van der Waals surface area (Å²) >= 11 is 5.40. The Morgan fingerprint density at radius 2 is 1.69 bits per heavy atom. The van der Waals surface area contributed by atoms with Crippen LogP contribution in [0.5, 0.6) is 5.75 Å². The van der Waals surface area contributed by atoms with E-state index in [1.807, 2.05) is 0 Å². The van der Waals surface area contributed by atoms with E-state index in [1.165, 1.54) is 6.92 Å². The molecule has 0 fully saturated rings. The van der Waals surface area contributed by atoms with E-state index in [1.54, 1.807) is 0 Å². The average Bonchev–Trinajstić information content (AvgIpc) is 1.98. The Balaban J connectivity index is 2.99. The molecule has 1 atom stereocenters. The highest BCUT2D eigenvalue weighted by Gasteiger charge is 2.11. The number of hydrogen-bond acceptors (Lipinski definition) is 1. The van der Waals surface area contributed by atoms with Gasteiger partial charge in [-0.3, -0.25) is 0 Å². The summed E-state index contributed by atoms with van der Waals surface area (Å²) in [5.74, 6) is -4.26. The van der Waals surface area contributed by atoms with Gasteiger partial charge in [-0.1, -0.05) is 11.6 Å². The molecule has 0 aliphatic heterocycles. The van der Waals surface area contributed by atoms with Crippen molar-refractivity contribution in [2.24, 2.45) is 0 Å². The first-order valence-electron chi connectivity index (χ1n) is 3.46. The lowest BCUT2D eigenvalue weighted by Gasteiger charge is -2.07.